The third-order valence-electron chi connectivity index (χ3n) is 4.01. The van der Waals surface area contributed by atoms with Crippen LogP contribution in [0.1, 0.15) is 57.6 Å². The van der Waals surface area contributed by atoms with Crippen molar-refractivity contribution in [2.75, 3.05) is 0 Å². The Morgan fingerprint density at radius 3 is 2.61 bits per heavy atom. The van der Waals surface area contributed by atoms with Gasteiger partial charge in [-0.25, -0.2) is 4.98 Å². The molecule has 0 aliphatic rings. The van der Waals surface area contributed by atoms with Crippen LogP contribution in [-0.2, 0) is 6.42 Å². The fraction of sp³-hybridized carbons (Fsp3) is 0.562. The summed E-state index contributed by atoms with van der Waals surface area (Å²) in [6.07, 6.45) is 3.60. The smallest absolute Gasteiger partial charge is 0.0849 e. The molecule has 0 aliphatic heterocycles. The first-order chi connectivity index (χ1) is 8.67. The van der Waals surface area contributed by atoms with Crippen molar-refractivity contribution < 1.29 is 0 Å². The van der Waals surface area contributed by atoms with Gasteiger partial charge in [-0.2, -0.15) is 0 Å². The Morgan fingerprint density at radius 1 is 1.17 bits per heavy atom. The summed E-state index contributed by atoms with van der Waals surface area (Å²) in [4.78, 5) is 4.60. The van der Waals surface area contributed by atoms with E-state index in [4.69, 9.17) is 0 Å². The Morgan fingerprint density at radius 2 is 1.94 bits per heavy atom. The molecule has 0 aliphatic carbocycles. The number of rotatable bonds is 5. The van der Waals surface area contributed by atoms with Crippen LogP contribution >= 0.6 is 11.3 Å². The second kappa shape index (κ2) is 5.83. The number of aromatic nitrogens is 1. The second-order valence-electron chi connectivity index (χ2n) is 5.37. The van der Waals surface area contributed by atoms with Crippen LogP contribution in [0.3, 0.4) is 0 Å². The number of thiazole rings is 1. The highest BCUT2D eigenvalue weighted by Crippen LogP contribution is 2.32. The van der Waals surface area contributed by atoms with Crippen LogP contribution in [0.2, 0.25) is 0 Å². The van der Waals surface area contributed by atoms with Gasteiger partial charge in [-0.1, -0.05) is 46.2 Å². The molecule has 0 spiro atoms. The molecule has 0 amide bonds. The van der Waals surface area contributed by atoms with E-state index < -0.39 is 0 Å². The number of fused-ring (bicyclic) bond motifs is 1. The Labute approximate surface area is 114 Å². The molecule has 98 valence electrons. The van der Waals surface area contributed by atoms with Crippen molar-refractivity contribution in [3.8, 4) is 0 Å². The van der Waals surface area contributed by atoms with E-state index in [2.05, 4.69) is 44.8 Å². The minimum atomic E-state index is 0.604. The maximum Gasteiger partial charge on any atom is 0.0849 e. The summed E-state index contributed by atoms with van der Waals surface area (Å²) in [6, 6.07) is 4.63. The molecule has 2 heteroatoms. The van der Waals surface area contributed by atoms with E-state index in [0.29, 0.717) is 5.92 Å². The van der Waals surface area contributed by atoms with Gasteiger partial charge in [-0.15, -0.1) is 11.3 Å². The Hall–Kier alpha value is -0.890. The first-order valence-corrected chi connectivity index (χ1v) is 7.90. The lowest BCUT2D eigenvalue weighted by Crippen LogP contribution is -2.00. The Balaban J connectivity index is 2.43. The van der Waals surface area contributed by atoms with Crippen molar-refractivity contribution in [2.45, 2.75) is 52.9 Å². The number of hydrogen-bond acceptors (Lipinski definition) is 2. The quantitative estimate of drug-likeness (QED) is 0.702. The predicted octanol–water partition coefficient (Wildman–Crippen LogP) is 5.40. The standard InChI is InChI=1S/C16H23NS/c1-5-11(3)9-13-7-8-14(12(4)6-2)15-16(13)18-10-17-15/h7-8,10-12H,5-6,9H2,1-4H3. The van der Waals surface area contributed by atoms with Crippen molar-refractivity contribution >= 4 is 21.6 Å². The summed E-state index contributed by atoms with van der Waals surface area (Å²) in [7, 11) is 0. The van der Waals surface area contributed by atoms with Crippen LogP contribution in [0.25, 0.3) is 10.2 Å². The van der Waals surface area contributed by atoms with E-state index in [0.717, 1.165) is 5.92 Å². The summed E-state index contributed by atoms with van der Waals surface area (Å²) in [5.41, 5.74) is 6.14. The number of hydrogen-bond donors (Lipinski definition) is 0. The first kappa shape index (κ1) is 13.5. The summed E-state index contributed by atoms with van der Waals surface area (Å²) >= 11 is 1.80. The second-order valence-corrected chi connectivity index (χ2v) is 6.23. The predicted molar refractivity (Wildman–Crippen MR) is 81.5 cm³/mol. The van der Waals surface area contributed by atoms with E-state index >= 15 is 0 Å². The Bertz CT molecular complexity index is 515. The van der Waals surface area contributed by atoms with Gasteiger partial charge in [0.15, 0.2) is 0 Å². The molecular weight excluding hydrogens is 238 g/mol. The third kappa shape index (κ3) is 2.59. The molecule has 1 aromatic heterocycles. The number of nitrogens with zero attached hydrogens (tertiary/aromatic N) is 1. The average Bonchev–Trinajstić information content (AvgIpc) is 2.87. The van der Waals surface area contributed by atoms with Crippen molar-refractivity contribution in [1.29, 1.82) is 0 Å². The third-order valence-corrected chi connectivity index (χ3v) is 4.91. The van der Waals surface area contributed by atoms with Crippen molar-refractivity contribution in [2.24, 2.45) is 5.92 Å². The first-order valence-electron chi connectivity index (χ1n) is 7.02. The van der Waals surface area contributed by atoms with Crippen LogP contribution in [0.15, 0.2) is 17.6 Å². The molecule has 1 aromatic carbocycles. The normalized spacial score (nSPS) is 14.9. The molecule has 2 aromatic rings. The maximum atomic E-state index is 4.60. The molecule has 18 heavy (non-hydrogen) atoms. The van der Waals surface area contributed by atoms with Gasteiger partial charge in [0.05, 0.1) is 15.7 Å². The van der Waals surface area contributed by atoms with Crippen molar-refractivity contribution in [3.63, 3.8) is 0 Å². The van der Waals surface area contributed by atoms with Gasteiger partial charge in [-0.3, -0.25) is 0 Å². The van der Waals surface area contributed by atoms with Gasteiger partial charge in [0.1, 0.15) is 0 Å². The van der Waals surface area contributed by atoms with E-state index in [-0.39, 0.29) is 0 Å². The van der Waals surface area contributed by atoms with Gasteiger partial charge < -0.3 is 0 Å². The number of benzene rings is 1. The highest BCUT2D eigenvalue weighted by atomic mass is 32.1. The molecule has 0 N–H and O–H groups in total. The van der Waals surface area contributed by atoms with Gasteiger partial charge in [0.2, 0.25) is 0 Å². The van der Waals surface area contributed by atoms with Crippen LogP contribution in [0.4, 0.5) is 0 Å². The summed E-state index contributed by atoms with van der Waals surface area (Å²) < 4.78 is 1.41. The van der Waals surface area contributed by atoms with Gasteiger partial charge >= 0.3 is 0 Å². The van der Waals surface area contributed by atoms with Crippen LogP contribution in [0, 0.1) is 5.92 Å². The summed E-state index contributed by atoms with van der Waals surface area (Å²) in [6.45, 7) is 9.13. The van der Waals surface area contributed by atoms with Crippen LogP contribution < -0.4 is 0 Å². The lowest BCUT2D eigenvalue weighted by atomic mass is 9.93. The SMILES string of the molecule is CCC(C)Cc1ccc(C(C)CC)c2ncsc12. The van der Waals surface area contributed by atoms with Gasteiger partial charge in [0, 0.05) is 0 Å². The minimum absolute atomic E-state index is 0.604. The molecule has 1 nitrogen and oxygen atoms in total. The van der Waals surface area contributed by atoms with Gasteiger partial charge in [0.25, 0.3) is 0 Å². The van der Waals surface area contributed by atoms with E-state index in [1.54, 1.807) is 11.3 Å². The zero-order valence-electron chi connectivity index (χ0n) is 11.9. The lowest BCUT2D eigenvalue weighted by Gasteiger charge is -2.13. The maximum absolute atomic E-state index is 4.60. The van der Waals surface area contributed by atoms with Crippen LogP contribution in [-0.4, -0.2) is 4.98 Å². The molecule has 2 rings (SSSR count). The molecule has 0 fully saturated rings. The van der Waals surface area contributed by atoms with Crippen LogP contribution in [0.5, 0.6) is 0 Å². The van der Waals surface area contributed by atoms with E-state index in [1.165, 1.54) is 40.6 Å². The van der Waals surface area contributed by atoms with Gasteiger partial charge in [-0.05, 0) is 35.8 Å². The van der Waals surface area contributed by atoms with E-state index in [9.17, 15) is 0 Å². The van der Waals surface area contributed by atoms with E-state index in [1.807, 2.05) is 5.51 Å². The highest BCUT2D eigenvalue weighted by Gasteiger charge is 2.14. The molecule has 1 heterocycles. The largest absolute Gasteiger partial charge is 0.244 e. The topological polar surface area (TPSA) is 12.9 Å². The molecule has 0 saturated carbocycles. The molecular formula is C16H23NS. The molecule has 0 radical (unpaired) electrons. The zero-order valence-corrected chi connectivity index (χ0v) is 12.7. The minimum Gasteiger partial charge on any atom is -0.244 e. The van der Waals surface area contributed by atoms with Crippen molar-refractivity contribution in [1.82, 2.24) is 4.98 Å². The highest BCUT2D eigenvalue weighted by molar-refractivity contribution is 7.17. The molecule has 0 bridgehead atoms. The summed E-state index contributed by atoms with van der Waals surface area (Å²) in [5, 5.41) is 0. The lowest BCUT2D eigenvalue weighted by molar-refractivity contribution is 0.562. The molecule has 2 atom stereocenters. The molecule has 0 saturated heterocycles. The fourth-order valence-electron chi connectivity index (χ4n) is 2.32. The fourth-order valence-corrected chi connectivity index (χ4v) is 3.17. The Kier molecular flexibility index (Phi) is 4.39. The zero-order chi connectivity index (χ0) is 13.1. The monoisotopic (exact) mass is 261 g/mol. The molecule has 2 unspecified atom stereocenters. The summed E-state index contributed by atoms with van der Waals surface area (Å²) in [5.74, 6) is 1.36. The van der Waals surface area contributed by atoms with Crippen molar-refractivity contribution in [3.05, 3.63) is 28.8 Å². The average molecular weight is 261 g/mol.